The Hall–Kier alpha value is -4.12. The lowest BCUT2D eigenvalue weighted by Crippen LogP contribution is -1.98. The van der Waals surface area contributed by atoms with Crippen LogP contribution in [-0.4, -0.2) is 21.1 Å². The van der Waals surface area contributed by atoms with Gasteiger partial charge in [-0.3, -0.25) is 0 Å². The largest absolute Gasteiger partial charge is 0.494 e. The Labute approximate surface area is 187 Å². The molecule has 158 valence electrons. The van der Waals surface area contributed by atoms with Crippen molar-refractivity contribution in [3.8, 4) is 22.6 Å². The van der Waals surface area contributed by atoms with Crippen LogP contribution in [-0.2, 0) is 0 Å². The molecule has 1 N–H and O–H groups in total. The number of aryl methyl sites for hydroxylation is 1. The molecule has 0 spiro atoms. The van der Waals surface area contributed by atoms with Crippen LogP contribution in [0.3, 0.4) is 0 Å². The summed E-state index contributed by atoms with van der Waals surface area (Å²) in [6.07, 6.45) is 3.76. The number of ether oxygens (including phenoxy) is 1. The predicted molar refractivity (Wildman–Crippen MR) is 130 cm³/mol. The molecule has 0 saturated carbocycles. The standard InChI is InChI=1S/C27H24N4O/c1-3-32-23-14-12-21(13-15-23)30-26-25-24(20-9-5-4-6-10-20)17-31(27(25)29-18-28-26)22-11-7-8-19(2)16-22/h4-18H,3H2,1-2H3,(H,28,29,30). The van der Waals surface area contributed by atoms with Gasteiger partial charge in [0.05, 0.1) is 12.0 Å². The highest BCUT2D eigenvalue weighted by Gasteiger charge is 2.17. The average molecular weight is 421 g/mol. The quantitative estimate of drug-likeness (QED) is 0.339. The molecule has 0 unspecified atom stereocenters. The molecule has 5 nitrogen and oxygen atoms in total. The van der Waals surface area contributed by atoms with Gasteiger partial charge >= 0.3 is 0 Å². The van der Waals surface area contributed by atoms with Gasteiger partial charge < -0.3 is 14.6 Å². The molecular formula is C27H24N4O. The van der Waals surface area contributed by atoms with Crippen LogP contribution in [0.2, 0.25) is 0 Å². The first-order valence-electron chi connectivity index (χ1n) is 10.7. The third-order valence-corrected chi connectivity index (χ3v) is 5.38. The highest BCUT2D eigenvalue weighted by molar-refractivity contribution is 6.03. The number of aromatic nitrogens is 3. The molecule has 0 bridgehead atoms. The van der Waals surface area contributed by atoms with Gasteiger partial charge in [-0.2, -0.15) is 0 Å². The molecule has 3 aromatic carbocycles. The van der Waals surface area contributed by atoms with E-state index in [1.165, 1.54) is 5.56 Å². The van der Waals surface area contributed by atoms with Crippen LogP contribution in [0.1, 0.15) is 12.5 Å². The molecule has 2 heterocycles. The molecule has 5 rings (SSSR count). The minimum Gasteiger partial charge on any atom is -0.494 e. The zero-order valence-corrected chi connectivity index (χ0v) is 18.1. The third kappa shape index (κ3) is 3.81. The first-order chi connectivity index (χ1) is 15.7. The number of nitrogens with one attached hydrogen (secondary N) is 1. The lowest BCUT2D eigenvalue weighted by Gasteiger charge is -2.10. The Balaban J connectivity index is 1.67. The van der Waals surface area contributed by atoms with Crippen LogP contribution >= 0.6 is 0 Å². The van der Waals surface area contributed by atoms with E-state index < -0.39 is 0 Å². The second-order valence-electron chi connectivity index (χ2n) is 7.62. The highest BCUT2D eigenvalue weighted by Crippen LogP contribution is 2.36. The van der Waals surface area contributed by atoms with Crippen LogP contribution in [0.5, 0.6) is 5.75 Å². The minimum atomic E-state index is 0.645. The van der Waals surface area contributed by atoms with E-state index in [4.69, 9.17) is 4.74 Å². The number of hydrogen-bond acceptors (Lipinski definition) is 4. The van der Waals surface area contributed by atoms with Crippen molar-refractivity contribution < 1.29 is 4.74 Å². The van der Waals surface area contributed by atoms with E-state index in [1.807, 2.05) is 37.3 Å². The van der Waals surface area contributed by atoms with Crippen LogP contribution in [0.25, 0.3) is 27.8 Å². The summed E-state index contributed by atoms with van der Waals surface area (Å²) in [6, 6.07) is 26.7. The second kappa shape index (κ2) is 8.55. The maximum absolute atomic E-state index is 5.56. The second-order valence-corrected chi connectivity index (χ2v) is 7.62. The summed E-state index contributed by atoms with van der Waals surface area (Å²) < 4.78 is 7.70. The maximum Gasteiger partial charge on any atom is 0.150 e. The van der Waals surface area contributed by atoms with Crippen LogP contribution in [0, 0.1) is 6.92 Å². The number of anilines is 2. The van der Waals surface area contributed by atoms with Gasteiger partial charge in [0.1, 0.15) is 17.9 Å². The van der Waals surface area contributed by atoms with Gasteiger partial charge in [0.25, 0.3) is 0 Å². The van der Waals surface area contributed by atoms with Crippen molar-refractivity contribution in [2.24, 2.45) is 0 Å². The average Bonchev–Trinajstić information content (AvgIpc) is 3.22. The molecule has 0 atom stereocenters. The Bertz CT molecular complexity index is 1360. The first kappa shape index (κ1) is 19.8. The molecule has 0 amide bonds. The topological polar surface area (TPSA) is 52.0 Å². The summed E-state index contributed by atoms with van der Waals surface area (Å²) in [5, 5.41) is 4.46. The number of rotatable bonds is 6. The Morgan fingerprint density at radius 1 is 0.906 bits per heavy atom. The molecule has 0 aliphatic heterocycles. The molecule has 0 saturated heterocycles. The molecule has 0 radical (unpaired) electrons. The summed E-state index contributed by atoms with van der Waals surface area (Å²) >= 11 is 0. The van der Waals surface area contributed by atoms with Gasteiger partial charge in [-0.05, 0) is 61.4 Å². The van der Waals surface area contributed by atoms with Crippen LogP contribution in [0.15, 0.2) is 91.4 Å². The van der Waals surface area contributed by atoms with Crippen molar-refractivity contribution in [2.45, 2.75) is 13.8 Å². The van der Waals surface area contributed by atoms with Crippen LogP contribution in [0.4, 0.5) is 11.5 Å². The van der Waals surface area contributed by atoms with Crippen molar-refractivity contribution in [3.05, 3.63) is 97.0 Å². The fraction of sp³-hybridized carbons (Fsp3) is 0.111. The van der Waals surface area contributed by atoms with Gasteiger partial charge in [-0.1, -0.05) is 42.5 Å². The normalized spacial score (nSPS) is 10.9. The van der Waals surface area contributed by atoms with E-state index in [-0.39, 0.29) is 0 Å². The van der Waals surface area contributed by atoms with Gasteiger partial charge in [0.2, 0.25) is 0 Å². The van der Waals surface area contributed by atoms with E-state index in [0.717, 1.165) is 45.1 Å². The van der Waals surface area contributed by atoms with Gasteiger partial charge in [-0.25, -0.2) is 9.97 Å². The predicted octanol–water partition coefficient (Wildman–Crippen LogP) is 6.54. The van der Waals surface area contributed by atoms with Crippen molar-refractivity contribution in [1.29, 1.82) is 0 Å². The van der Waals surface area contributed by atoms with Crippen molar-refractivity contribution in [3.63, 3.8) is 0 Å². The highest BCUT2D eigenvalue weighted by atomic mass is 16.5. The lowest BCUT2D eigenvalue weighted by atomic mass is 10.1. The van der Waals surface area contributed by atoms with Crippen molar-refractivity contribution in [1.82, 2.24) is 14.5 Å². The third-order valence-electron chi connectivity index (χ3n) is 5.38. The van der Waals surface area contributed by atoms with E-state index in [2.05, 4.69) is 81.5 Å². The molecule has 32 heavy (non-hydrogen) atoms. The van der Waals surface area contributed by atoms with Crippen molar-refractivity contribution >= 4 is 22.5 Å². The smallest absolute Gasteiger partial charge is 0.150 e. The molecule has 2 aromatic heterocycles. The maximum atomic E-state index is 5.56. The van der Waals surface area contributed by atoms with E-state index >= 15 is 0 Å². The molecular weight excluding hydrogens is 396 g/mol. The SMILES string of the molecule is CCOc1ccc(Nc2ncnc3c2c(-c2ccccc2)cn3-c2cccc(C)c2)cc1. The van der Waals surface area contributed by atoms with Crippen molar-refractivity contribution in [2.75, 3.05) is 11.9 Å². The summed E-state index contributed by atoms with van der Waals surface area (Å²) in [4.78, 5) is 9.27. The van der Waals surface area contributed by atoms with E-state index in [0.29, 0.717) is 6.61 Å². The van der Waals surface area contributed by atoms with E-state index in [1.54, 1.807) is 6.33 Å². The Morgan fingerprint density at radius 2 is 1.72 bits per heavy atom. The summed E-state index contributed by atoms with van der Waals surface area (Å²) in [7, 11) is 0. The number of hydrogen-bond donors (Lipinski definition) is 1. The minimum absolute atomic E-state index is 0.645. The molecule has 0 aliphatic carbocycles. The van der Waals surface area contributed by atoms with Gasteiger partial charge in [0, 0.05) is 23.1 Å². The number of nitrogens with zero attached hydrogens (tertiary/aromatic N) is 3. The fourth-order valence-corrected chi connectivity index (χ4v) is 3.91. The molecule has 0 aliphatic rings. The molecule has 0 fully saturated rings. The van der Waals surface area contributed by atoms with E-state index in [9.17, 15) is 0 Å². The van der Waals surface area contributed by atoms with Gasteiger partial charge in [0.15, 0.2) is 5.65 Å². The molecule has 5 aromatic rings. The Morgan fingerprint density at radius 3 is 2.47 bits per heavy atom. The monoisotopic (exact) mass is 420 g/mol. The Kier molecular flexibility index (Phi) is 5.30. The first-order valence-corrected chi connectivity index (χ1v) is 10.7. The summed E-state index contributed by atoms with van der Waals surface area (Å²) in [6.45, 7) is 4.72. The van der Waals surface area contributed by atoms with Gasteiger partial charge in [-0.15, -0.1) is 0 Å². The zero-order chi connectivity index (χ0) is 21.9. The number of benzene rings is 3. The molecule has 5 heteroatoms. The fourth-order valence-electron chi connectivity index (χ4n) is 3.91. The zero-order valence-electron chi connectivity index (χ0n) is 18.1. The van der Waals surface area contributed by atoms with Crippen LogP contribution < -0.4 is 10.1 Å². The number of fused-ring (bicyclic) bond motifs is 1. The lowest BCUT2D eigenvalue weighted by molar-refractivity contribution is 0.340. The summed E-state index contributed by atoms with van der Waals surface area (Å²) in [5.74, 6) is 1.62. The summed E-state index contributed by atoms with van der Waals surface area (Å²) in [5.41, 5.74) is 6.27.